The van der Waals surface area contributed by atoms with E-state index in [0.717, 1.165) is 16.0 Å². The molecule has 148 valence electrons. The van der Waals surface area contributed by atoms with Gasteiger partial charge in [0.15, 0.2) is 12.1 Å². The first-order valence-corrected chi connectivity index (χ1v) is 9.03. The number of carbonyl (C=O) groups excluding carboxylic acids is 3. The standard InChI is InChI=1S/C20H18FN5O3/c1-11-4-3-5-12(2)16(11)22-15(27)10-25-18-17(23-24-25)19(28)26(20(18)29)14-8-6-13(21)7-9-14/h3-9,17-18H,10H2,1-2H3,(H,22,27). The Morgan fingerprint density at radius 1 is 1.07 bits per heavy atom. The highest BCUT2D eigenvalue weighted by Gasteiger charge is 2.55. The maximum absolute atomic E-state index is 13.2. The van der Waals surface area contributed by atoms with E-state index in [9.17, 15) is 18.8 Å². The number of nitrogens with one attached hydrogen (secondary N) is 1. The van der Waals surface area contributed by atoms with Gasteiger partial charge in [0, 0.05) is 5.69 Å². The summed E-state index contributed by atoms with van der Waals surface area (Å²) in [7, 11) is 0. The lowest BCUT2D eigenvalue weighted by Gasteiger charge is -2.20. The van der Waals surface area contributed by atoms with Crippen LogP contribution in [0.2, 0.25) is 0 Å². The Kier molecular flexibility index (Phi) is 4.57. The largest absolute Gasteiger partial charge is 0.324 e. The van der Waals surface area contributed by atoms with E-state index in [1.807, 2.05) is 32.0 Å². The van der Waals surface area contributed by atoms with Crippen molar-refractivity contribution in [2.45, 2.75) is 25.9 Å². The topological polar surface area (TPSA) is 94.4 Å². The van der Waals surface area contributed by atoms with Gasteiger partial charge in [-0.1, -0.05) is 23.4 Å². The molecule has 2 unspecified atom stereocenters. The summed E-state index contributed by atoms with van der Waals surface area (Å²) in [6.45, 7) is 3.54. The van der Waals surface area contributed by atoms with Crippen LogP contribution < -0.4 is 10.2 Å². The molecule has 0 aromatic heterocycles. The fourth-order valence-electron chi connectivity index (χ4n) is 3.54. The third kappa shape index (κ3) is 3.24. The number of aryl methyl sites for hydroxylation is 2. The molecule has 2 aliphatic heterocycles. The van der Waals surface area contributed by atoms with E-state index in [0.29, 0.717) is 5.69 Å². The summed E-state index contributed by atoms with van der Waals surface area (Å²) in [6.07, 6.45) is 0. The first kappa shape index (κ1) is 18.7. The van der Waals surface area contributed by atoms with Gasteiger partial charge in [0.05, 0.1) is 5.69 Å². The Morgan fingerprint density at radius 2 is 1.72 bits per heavy atom. The van der Waals surface area contributed by atoms with E-state index in [1.54, 1.807) is 0 Å². The lowest BCUT2D eigenvalue weighted by molar-refractivity contribution is -0.123. The van der Waals surface area contributed by atoms with Crippen molar-refractivity contribution in [2.75, 3.05) is 16.8 Å². The summed E-state index contributed by atoms with van der Waals surface area (Å²) in [5, 5.41) is 11.8. The molecule has 2 aliphatic rings. The summed E-state index contributed by atoms with van der Waals surface area (Å²) < 4.78 is 13.2. The maximum Gasteiger partial charge on any atom is 0.263 e. The summed E-state index contributed by atoms with van der Waals surface area (Å²) in [4.78, 5) is 39.0. The number of hydrogen-bond acceptors (Lipinski definition) is 6. The number of fused-ring (bicyclic) bond motifs is 1. The zero-order valence-corrected chi connectivity index (χ0v) is 15.8. The monoisotopic (exact) mass is 395 g/mol. The maximum atomic E-state index is 13.2. The minimum absolute atomic E-state index is 0.227. The fourth-order valence-corrected chi connectivity index (χ4v) is 3.54. The lowest BCUT2D eigenvalue weighted by Crippen LogP contribution is -2.43. The molecule has 4 rings (SSSR count). The van der Waals surface area contributed by atoms with Crippen LogP contribution in [-0.2, 0) is 14.4 Å². The molecule has 3 amide bonds. The minimum atomic E-state index is -1.01. The Labute approximate surface area is 166 Å². The molecule has 2 atom stereocenters. The second-order valence-corrected chi connectivity index (χ2v) is 7.00. The van der Waals surface area contributed by atoms with Crippen molar-refractivity contribution < 1.29 is 18.8 Å². The van der Waals surface area contributed by atoms with Crippen LogP contribution in [0, 0.1) is 19.7 Å². The predicted molar refractivity (Wildman–Crippen MR) is 103 cm³/mol. The van der Waals surface area contributed by atoms with Gasteiger partial charge in [0.1, 0.15) is 12.4 Å². The number of para-hydroxylation sites is 1. The second kappa shape index (κ2) is 7.08. The van der Waals surface area contributed by atoms with Crippen molar-refractivity contribution in [2.24, 2.45) is 10.3 Å². The molecule has 0 aliphatic carbocycles. The van der Waals surface area contributed by atoms with Crippen molar-refractivity contribution >= 4 is 29.1 Å². The smallest absolute Gasteiger partial charge is 0.263 e. The van der Waals surface area contributed by atoms with Crippen LogP contribution >= 0.6 is 0 Å². The number of carbonyl (C=O) groups is 3. The third-order valence-electron chi connectivity index (χ3n) is 4.99. The normalized spacial score (nSPS) is 20.4. The van der Waals surface area contributed by atoms with Gasteiger partial charge in [-0.25, -0.2) is 9.29 Å². The van der Waals surface area contributed by atoms with E-state index >= 15 is 0 Å². The molecule has 1 saturated heterocycles. The van der Waals surface area contributed by atoms with E-state index in [4.69, 9.17) is 0 Å². The van der Waals surface area contributed by atoms with Crippen LogP contribution in [0.3, 0.4) is 0 Å². The molecule has 29 heavy (non-hydrogen) atoms. The summed E-state index contributed by atoms with van der Waals surface area (Å²) in [5.41, 5.74) is 2.78. The number of rotatable bonds is 4. The van der Waals surface area contributed by atoms with Gasteiger partial charge in [0.2, 0.25) is 5.91 Å². The van der Waals surface area contributed by atoms with Gasteiger partial charge in [-0.2, -0.15) is 5.11 Å². The minimum Gasteiger partial charge on any atom is -0.324 e. The first-order chi connectivity index (χ1) is 13.9. The summed E-state index contributed by atoms with van der Waals surface area (Å²) in [6, 6.07) is 8.69. The Morgan fingerprint density at radius 3 is 2.38 bits per heavy atom. The molecule has 8 nitrogen and oxygen atoms in total. The van der Waals surface area contributed by atoms with E-state index in [1.165, 1.54) is 29.3 Å². The first-order valence-electron chi connectivity index (χ1n) is 9.03. The van der Waals surface area contributed by atoms with E-state index in [2.05, 4.69) is 15.7 Å². The molecule has 2 heterocycles. The van der Waals surface area contributed by atoms with Crippen LogP contribution in [0.15, 0.2) is 52.8 Å². The van der Waals surface area contributed by atoms with Crippen LogP contribution in [0.5, 0.6) is 0 Å². The average Bonchev–Trinajstić information content (AvgIpc) is 3.19. The molecule has 9 heteroatoms. The van der Waals surface area contributed by atoms with Crippen molar-refractivity contribution in [3.05, 3.63) is 59.4 Å². The Hall–Kier alpha value is -3.62. The molecular formula is C20H18FN5O3. The van der Waals surface area contributed by atoms with Gasteiger partial charge >= 0.3 is 0 Å². The van der Waals surface area contributed by atoms with Gasteiger partial charge in [-0.3, -0.25) is 19.4 Å². The molecule has 2 aromatic carbocycles. The van der Waals surface area contributed by atoms with Crippen molar-refractivity contribution in [3.8, 4) is 0 Å². The van der Waals surface area contributed by atoms with E-state index < -0.39 is 29.7 Å². The molecule has 0 bridgehead atoms. The van der Waals surface area contributed by atoms with Crippen LogP contribution in [0.4, 0.5) is 15.8 Å². The van der Waals surface area contributed by atoms with Crippen LogP contribution in [0.1, 0.15) is 11.1 Å². The van der Waals surface area contributed by atoms with Gasteiger partial charge in [0.25, 0.3) is 11.8 Å². The number of hydrogen-bond donors (Lipinski definition) is 1. The van der Waals surface area contributed by atoms with Gasteiger partial charge in [-0.05, 0) is 49.2 Å². The second-order valence-electron chi connectivity index (χ2n) is 7.00. The summed E-state index contributed by atoms with van der Waals surface area (Å²) >= 11 is 0. The lowest BCUT2D eigenvalue weighted by atomic mass is 10.1. The van der Waals surface area contributed by atoms with Gasteiger partial charge in [-0.15, -0.1) is 0 Å². The van der Waals surface area contributed by atoms with Crippen molar-refractivity contribution in [3.63, 3.8) is 0 Å². The molecule has 0 saturated carbocycles. The number of halogens is 1. The molecule has 2 aromatic rings. The summed E-state index contributed by atoms with van der Waals surface area (Å²) in [5.74, 6) is -1.94. The highest BCUT2D eigenvalue weighted by Crippen LogP contribution is 2.32. The van der Waals surface area contributed by atoms with Crippen molar-refractivity contribution in [1.82, 2.24) is 5.01 Å². The molecular weight excluding hydrogens is 377 g/mol. The Balaban J connectivity index is 1.50. The zero-order valence-electron chi connectivity index (χ0n) is 15.8. The van der Waals surface area contributed by atoms with E-state index in [-0.39, 0.29) is 18.1 Å². The number of imide groups is 1. The van der Waals surface area contributed by atoms with Gasteiger partial charge < -0.3 is 5.32 Å². The number of anilines is 2. The highest BCUT2D eigenvalue weighted by molar-refractivity contribution is 6.25. The zero-order chi connectivity index (χ0) is 20.7. The van der Waals surface area contributed by atoms with Crippen molar-refractivity contribution in [1.29, 1.82) is 0 Å². The molecule has 1 N–H and O–H groups in total. The molecule has 0 spiro atoms. The quantitative estimate of drug-likeness (QED) is 0.804. The Bertz CT molecular complexity index is 1020. The highest BCUT2D eigenvalue weighted by atomic mass is 19.1. The molecule has 0 radical (unpaired) electrons. The SMILES string of the molecule is Cc1cccc(C)c1NC(=O)CN1N=NC2C(=O)N(c3ccc(F)cc3)C(=O)C21. The fraction of sp³-hybridized carbons (Fsp3) is 0.250. The number of amides is 3. The molecule has 1 fully saturated rings. The average molecular weight is 395 g/mol. The predicted octanol–water partition coefficient (Wildman–Crippen LogP) is 2.37. The van der Waals surface area contributed by atoms with Crippen LogP contribution in [0.25, 0.3) is 0 Å². The number of benzene rings is 2. The third-order valence-corrected chi connectivity index (χ3v) is 4.99. The van der Waals surface area contributed by atoms with Crippen LogP contribution in [-0.4, -0.2) is 41.4 Å². The number of nitrogens with zero attached hydrogens (tertiary/aromatic N) is 4.